The number of aromatic nitrogens is 2. The van der Waals surface area contributed by atoms with Crippen molar-refractivity contribution >= 4 is 11.5 Å². The molecule has 1 heterocycles. The Morgan fingerprint density at radius 1 is 1.33 bits per heavy atom. The van der Waals surface area contributed by atoms with Crippen molar-refractivity contribution in [3.05, 3.63) is 20.8 Å². The van der Waals surface area contributed by atoms with E-state index in [2.05, 4.69) is 24.1 Å². The van der Waals surface area contributed by atoms with E-state index < -0.39 is 11.2 Å². The van der Waals surface area contributed by atoms with E-state index in [4.69, 9.17) is 5.73 Å². The summed E-state index contributed by atoms with van der Waals surface area (Å²) in [6.07, 6.45) is 5.05. The SMILES string of the molecule is CCCn1c(N)c(NC2CCC(C)(C)CC2)c(=O)[nH]c1=O. The van der Waals surface area contributed by atoms with Gasteiger partial charge in [0.25, 0.3) is 5.56 Å². The van der Waals surface area contributed by atoms with Gasteiger partial charge in [0.15, 0.2) is 0 Å². The summed E-state index contributed by atoms with van der Waals surface area (Å²) in [6, 6.07) is 0.244. The number of H-pyrrole nitrogens is 1. The van der Waals surface area contributed by atoms with E-state index in [0.29, 0.717) is 17.6 Å². The van der Waals surface area contributed by atoms with Crippen molar-refractivity contribution in [2.24, 2.45) is 5.41 Å². The lowest BCUT2D eigenvalue weighted by molar-refractivity contribution is 0.232. The van der Waals surface area contributed by atoms with Crippen LogP contribution >= 0.6 is 0 Å². The summed E-state index contributed by atoms with van der Waals surface area (Å²) in [6.45, 7) is 7.01. The molecule has 0 atom stereocenters. The molecule has 21 heavy (non-hydrogen) atoms. The van der Waals surface area contributed by atoms with Crippen molar-refractivity contribution in [3.8, 4) is 0 Å². The first kappa shape index (κ1) is 15.7. The maximum Gasteiger partial charge on any atom is 0.330 e. The second kappa shape index (κ2) is 5.95. The molecule has 1 aliphatic rings. The Morgan fingerprint density at radius 2 is 1.95 bits per heavy atom. The molecule has 0 aliphatic heterocycles. The van der Waals surface area contributed by atoms with Gasteiger partial charge in [0.2, 0.25) is 0 Å². The molecule has 0 bridgehead atoms. The van der Waals surface area contributed by atoms with E-state index in [1.54, 1.807) is 0 Å². The second-order valence-corrected chi connectivity index (χ2v) is 6.75. The molecule has 4 N–H and O–H groups in total. The van der Waals surface area contributed by atoms with Crippen LogP contribution in [0.1, 0.15) is 52.9 Å². The third-order valence-corrected chi connectivity index (χ3v) is 4.37. The van der Waals surface area contributed by atoms with Gasteiger partial charge >= 0.3 is 5.69 Å². The Labute approximate surface area is 124 Å². The molecule has 6 heteroatoms. The molecule has 0 saturated heterocycles. The maximum absolute atomic E-state index is 12.0. The van der Waals surface area contributed by atoms with Crippen LogP contribution in [-0.4, -0.2) is 15.6 Å². The summed E-state index contributed by atoms with van der Waals surface area (Å²) in [5, 5.41) is 3.25. The van der Waals surface area contributed by atoms with Crippen LogP contribution in [-0.2, 0) is 6.54 Å². The molecule has 118 valence electrons. The van der Waals surface area contributed by atoms with Crippen LogP contribution < -0.4 is 22.3 Å². The number of nitrogens with two attached hydrogens (primary N) is 1. The molecule has 1 fully saturated rings. The van der Waals surface area contributed by atoms with Gasteiger partial charge in [0.1, 0.15) is 11.5 Å². The lowest BCUT2D eigenvalue weighted by Crippen LogP contribution is -2.37. The zero-order valence-electron chi connectivity index (χ0n) is 13.2. The van der Waals surface area contributed by atoms with Crippen LogP contribution in [0.3, 0.4) is 0 Å². The number of rotatable bonds is 4. The Balaban J connectivity index is 2.23. The molecule has 0 unspecified atom stereocenters. The number of hydrogen-bond donors (Lipinski definition) is 3. The van der Waals surface area contributed by atoms with Crippen LogP contribution in [0.4, 0.5) is 11.5 Å². The smallest absolute Gasteiger partial charge is 0.330 e. The van der Waals surface area contributed by atoms with Crippen LogP contribution in [0, 0.1) is 5.41 Å². The number of nitrogens with one attached hydrogen (secondary N) is 2. The van der Waals surface area contributed by atoms with Crippen LogP contribution in [0.25, 0.3) is 0 Å². The first-order chi connectivity index (χ1) is 9.84. The van der Waals surface area contributed by atoms with Crippen molar-refractivity contribution in [1.29, 1.82) is 0 Å². The third kappa shape index (κ3) is 3.49. The molecule has 1 aromatic heterocycles. The fourth-order valence-corrected chi connectivity index (χ4v) is 2.92. The summed E-state index contributed by atoms with van der Waals surface area (Å²) in [5.41, 5.74) is 5.88. The minimum Gasteiger partial charge on any atom is -0.383 e. The Bertz CT molecular complexity index is 605. The van der Waals surface area contributed by atoms with Gasteiger partial charge in [-0.1, -0.05) is 20.8 Å². The van der Waals surface area contributed by atoms with Crippen molar-refractivity contribution < 1.29 is 0 Å². The summed E-state index contributed by atoms with van der Waals surface area (Å²) in [5.74, 6) is 0.246. The van der Waals surface area contributed by atoms with Gasteiger partial charge in [0, 0.05) is 12.6 Å². The molecule has 6 nitrogen and oxygen atoms in total. The van der Waals surface area contributed by atoms with Gasteiger partial charge in [0.05, 0.1) is 0 Å². The predicted octanol–water partition coefficient (Wildman–Crippen LogP) is 1.91. The molecule has 0 radical (unpaired) electrons. The molecule has 0 amide bonds. The summed E-state index contributed by atoms with van der Waals surface area (Å²) < 4.78 is 1.43. The largest absolute Gasteiger partial charge is 0.383 e. The lowest BCUT2D eigenvalue weighted by atomic mass is 9.75. The first-order valence-electron chi connectivity index (χ1n) is 7.73. The van der Waals surface area contributed by atoms with Gasteiger partial charge in [-0.15, -0.1) is 0 Å². The molecule has 0 spiro atoms. The van der Waals surface area contributed by atoms with Crippen molar-refractivity contribution in [3.63, 3.8) is 0 Å². The summed E-state index contributed by atoms with van der Waals surface area (Å²) in [4.78, 5) is 26.1. The zero-order chi connectivity index (χ0) is 15.6. The van der Waals surface area contributed by atoms with Gasteiger partial charge in [-0.3, -0.25) is 14.3 Å². The molecule has 1 aliphatic carbocycles. The fraction of sp³-hybridized carbons (Fsp3) is 0.733. The highest BCUT2D eigenvalue weighted by Crippen LogP contribution is 2.36. The number of nitrogen functional groups attached to an aromatic ring is 1. The quantitative estimate of drug-likeness (QED) is 0.791. The molecule has 1 saturated carbocycles. The summed E-state index contributed by atoms with van der Waals surface area (Å²) >= 11 is 0. The van der Waals surface area contributed by atoms with E-state index >= 15 is 0 Å². The number of hydrogen-bond acceptors (Lipinski definition) is 4. The van der Waals surface area contributed by atoms with Gasteiger partial charge in [-0.2, -0.15) is 0 Å². The van der Waals surface area contributed by atoms with E-state index in [9.17, 15) is 9.59 Å². The number of nitrogens with zero attached hydrogens (tertiary/aromatic N) is 1. The normalized spacial score (nSPS) is 18.6. The molecule has 0 aromatic carbocycles. The molecule has 2 rings (SSSR count). The topological polar surface area (TPSA) is 92.9 Å². The van der Waals surface area contributed by atoms with Crippen molar-refractivity contribution in [2.75, 3.05) is 11.1 Å². The average molecular weight is 294 g/mol. The highest BCUT2D eigenvalue weighted by Gasteiger charge is 2.27. The van der Waals surface area contributed by atoms with Gasteiger partial charge in [-0.05, 0) is 37.5 Å². The zero-order valence-corrected chi connectivity index (χ0v) is 13.2. The van der Waals surface area contributed by atoms with E-state index in [-0.39, 0.29) is 11.9 Å². The first-order valence-corrected chi connectivity index (χ1v) is 7.73. The van der Waals surface area contributed by atoms with Crippen molar-refractivity contribution in [1.82, 2.24) is 9.55 Å². The molecular weight excluding hydrogens is 268 g/mol. The Kier molecular flexibility index (Phi) is 4.44. The van der Waals surface area contributed by atoms with Crippen LogP contribution in [0.5, 0.6) is 0 Å². The molecule has 1 aromatic rings. The van der Waals surface area contributed by atoms with Gasteiger partial charge < -0.3 is 11.1 Å². The van der Waals surface area contributed by atoms with E-state index in [1.165, 1.54) is 4.57 Å². The Hall–Kier alpha value is -1.72. The fourth-order valence-electron chi connectivity index (χ4n) is 2.92. The highest BCUT2D eigenvalue weighted by atomic mass is 16.2. The number of aromatic amines is 1. The monoisotopic (exact) mass is 294 g/mol. The van der Waals surface area contributed by atoms with Crippen LogP contribution in [0.15, 0.2) is 9.59 Å². The maximum atomic E-state index is 12.0. The summed E-state index contributed by atoms with van der Waals surface area (Å²) in [7, 11) is 0. The average Bonchev–Trinajstić information content (AvgIpc) is 2.41. The van der Waals surface area contributed by atoms with E-state index in [1.807, 2.05) is 6.92 Å². The minimum absolute atomic E-state index is 0.244. The third-order valence-electron chi connectivity index (χ3n) is 4.37. The standard InChI is InChI=1S/C15H26N4O2/c1-4-9-19-12(16)11(13(20)18-14(19)21)17-10-5-7-15(2,3)8-6-10/h10,17H,4-9,16H2,1-3H3,(H,18,20,21). The lowest BCUT2D eigenvalue weighted by Gasteiger charge is -2.35. The Morgan fingerprint density at radius 3 is 2.52 bits per heavy atom. The predicted molar refractivity (Wildman–Crippen MR) is 85.7 cm³/mol. The van der Waals surface area contributed by atoms with Crippen molar-refractivity contribution in [2.45, 2.75) is 65.5 Å². The van der Waals surface area contributed by atoms with Crippen LogP contribution in [0.2, 0.25) is 0 Å². The minimum atomic E-state index is -0.435. The van der Waals surface area contributed by atoms with E-state index in [0.717, 1.165) is 32.1 Å². The second-order valence-electron chi connectivity index (χ2n) is 6.75. The number of anilines is 2. The molecular formula is C15H26N4O2. The van der Waals surface area contributed by atoms with Gasteiger partial charge in [-0.25, -0.2) is 4.79 Å². The highest BCUT2D eigenvalue weighted by molar-refractivity contribution is 5.60.